The van der Waals surface area contributed by atoms with Crippen LogP contribution in [0, 0.1) is 0 Å². The quantitative estimate of drug-likeness (QED) is 0.331. The largest absolute Gasteiger partial charge is 0.748 e. The highest BCUT2D eigenvalue weighted by Gasteiger charge is 2.08. The average Bonchev–Trinajstić information content (AvgIpc) is 2.54. The number of nitrogens with zero attached hydrogens (tertiary/aromatic N) is 3. The van der Waals surface area contributed by atoms with E-state index < -0.39 is 10.1 Å². The molecule has 0 saturated heterocycles. The molecule has 0 atom stereocenters. The Bertz CT molecular complexity index is 805. The van der Waals surface area contributed by atoms with E-state index in [1.807, 2.05) is 73.4 Å². The summed E-state index contributed by atoms with van der Waals surface area (Å²) in [5, 5.41) is 6.37. The Morgan fingerprint density at radius 3 is 2.58 bits per heavy atom. The van der Waals surface area contributed by atoms with Gasteiger partial charge in [0.15, 0.2) is 12.4 Å². The third-order valence-corrected chi connectivity index (χ3v) is 4.31. The molecule has 2 aromatic rings. The van der Waals surface area contributed by atoms with E-state index in [0.717, 1.165) is 17.0 Å². The topological polar surface area (TPSA) is 76.7 Å². The third-order valence-electron chi connectivity index (χ3n) is 3.52. The van der Waals surface area contributed by atoms with Gasteiger partial charge in [-0.3, -0.25) is 5.01 Å². The maximum absolute atomic E-state index is 10.7. The number of benzene rings is 1. The van der Waals surface area contributed by atoms with Crippen molar-refractivity contribution in [1.29, 1.82) is 0 Å². The Morgan fingerprint density at radius 2 is 1.92 bits per heavy atom. The summed E-state index contributed by atoms with van der Waals surface area (Å²) in [5.74, 6) is -0.353. The monoisotopic (exact) mass is 347 g/mol. The van der Waals surface area contributed by atoms with Gasteiger partial charge in [0.25, 0.3) is 0 Å². The molecule has 0 amide bonds. The van der Waals surface area contributed by atoms with E-state index in [1.54, 1.807) is 5.01 Å². The molecule has 6 nitrogen and oxygen atoms in total. The lowest BCUT2D eigenvalue weighted by Gasteiger charge is -2.14. The van der Waals surface area contributed by atoms with Crippen LogP contribution in [0.25, 0.3) is 0 Å². The third kappa shape index (κ3) is 5.75. The minimum absolute atomic E-state index is 0.292. The number of hydrogen-bond acceptors (Lipinski definition) is 5. The van der Waals surface area contributed by atoms with Crippen molar-refractivity contribution >= 4 is 21.5 Å². The molecule has 0 fully saturated rings. The number of rotatable bonds is 7. The lowest BCUT2D eigenvalue weighted by atomic mass is 10.2. The molecule has 0 saturated carbocycles. The number of para-hydroxylation sites is 1. The number of anilines is 1. The molecule has 0 bridgehead atoms. The van der Waals surface area contributed by atoms with Crippen molar-refractivity contribution in [3.63, 3.8) is 0 Å². The molecule has 0 N–H and O–H groups in total. The Morgan fingerprint density at radius 1 is 1.21 bits per heavy atom. The van der Waals surface area contributed by atoms with Crippen molar-refractivity contribution in [1.82, 2.24) is 0 Å². The first-order valence-corrected chi connectivity index (χ1v) is 9.20. The molecule has 7 heteroatoms. The molecular weight excluding hydrogens is 326 g/mol. The molecule has 1 heterocycles. The predicted molar refractivity (Wildman–Crippen MR) is 92.9 cm³/mol. The highest BCUT2D eigenvalue weighted by Crippen LogP contribution is 2.12. The van der Waals surface area contributed by atoms with Crippen molar-refractivity contribution in [3.8, 4) is 0 Å². The SMILES string of the molecule is CC(=NN(C)c1ccccc1)c1ccc[n+](CCCS(=O)(=O)[O-])c1. The first-order valence-electron chi connectivity index (χ1n) is 7.62. The molecule has 2 rings (SSSR count). The highest BCUT2D eigenvalue weighted by molar-refractivity contribution is 7.85. The van der Waals surface area contributed by atoms with Crippen molar-refractivity contribution in [3.05, 3.63) is 60.4 Å². The highest BCUT2D eigenvalue weighted by atomic mass is 32.2. The smallest absolute Gasteiger partial charge is 0.177 e. The van der Waals surface area contributed by atoms with Crippen LogP contribution in [0.5, 0.6) is 0 Å². The summed E-state index contributed by atoms with van der Waals surface area (Å²) in [7, 11) is -2.28. The second-order valence-corrected chi connectivity index (χ2v) is 7.01. The van der Waals surface area contributed by atoms with Crippen LogP contribution in [0.4, 0.5) is 5.69 Å². The number of pyridine rings is 1. The zero-order chi connectivity index (χ0) is 17.6. The average molecular weight is 347 g/mol. The van der Waals surface area contributed by atoms with Gasteiger partial charge < -0.3 is 4.55 Å². The second kappa shape index (κ2) is 8.03. The van der Waals surface area contributed by atoms with Crippen molar-refractivity contribution in [2.24, 2.45) is 5.10 Å². The van der Waals surface area contributed by atoms with Crippen LogP contribution in [0.15, 0.2) is 60.0 Å². The minimum atomic E-state index is -4.16. The van der Waals surface area contributed by atoms with E-state index in [9.17, 15) is 13.0 Å². The van der Waals surface area contributed by atoms with Gasteiger partial charge in [0.05, 0.1) is 27.1 Å². The summed E-state index contributed by atoms with van der Waals surface area (Å²) < 4.78 is 33.9. The van der Waals surface area contributed by atoms with Crippen LogP contribution < -0.4 is 9.58 Å². The van der Waals surface area contributed by atoms with Crippen LogP contribution >= 0.6 is 0 Å². The lowest BCUT2D eigenvalue weighted by Crippen LogP contribution is -2.34. The van der Waals surface area contributed by atoms with Crippen LogP contribution in [0.2, 0.25) is 0 Å². The van der Waals surface area contributed by atoms with Gasteiger partial charge in [-0.15, -0.1) is 0 Å². The van der Waals surface area contributed by atoms with Crippen LogP contribution in [0.1, 0.15) is 18.9 Å². The summed E-state index contributed by atoms with van der Waals surface area (Å²) in [6, 6.07) is 13.6. The summed E-state index contributed by atoms with van der Waals surface area (Å²) >= 11 is 0. The standard InChI is InChI=1S/C17H21N3O3S/c1-15(18-19(2)17-9-4-3-5-10-17)16-8-6-11-20(14-16)12-7-13-24(21,22)23/h3-6,8-11,14H,7,12-13H2,1-2H3. The summed E-state index contributed by atoms with van der Waals surface area (Å²) in [6.45, 7) is 2.39. The molecule has 0 unspecified atom stereocenters. The number of hydrogen-bond donors (Lipinski definition) is 0. The van der Waals surface area contributed by atoms with Gasteiger partial charge in [0.2, 0.25) is 0 Å². The summed E-state index contributed by atoms with van der Waals surface area (Å²) in [6.07, 6.45) is 4.03. The zero-order valence-corrected chi connectivity index (χ0v) is 14.6. The maximum atomic E-state index is 10.7. The molecule has 0 spiro atoms. The molecular formula is C17H21N3O3S. The van der Waals surface area contributed by atoms with Crippen molar-refractivity contribution in [2.45, 2.75) is 19.9 Å². The first-order chi connectivity index (χ1) is 11.3. The fourth-order valence-electron chi connectivity index (χ4n) is 2.28. The minimum Gasteiger partial charge on any atom is -0.748 e. The lowest BCUT2D eigenvalue weighted by molar-refractivity contribution is -0.696. The van der Waals surface area contributed by atoms with E-state index >= 15 is 0 Å². The van der Waals surface area contributed by atoms with Gasteiger partial charge in [-0.05, 0) is 25.1 Å². The maximum Gasteiger partial charge on any atom is 0.177 e. The summed E-state index contributed by atoms with van der Waals surface area (Å²) in [5.41, 5.74) is 2.76. The van der Waals surface area contributed by atoms with E-state index in [4.69, 9.17) is 0 Å². The van der Waals surface area contributed by atoms with Gasteiger partial charge in [-0.1, -0.05) is 18.2 Å². The predicted octanol–water partition coefficient (Wildman–Crippen LogP) is 1.77. The molecule has 0 aliphatic carbocycles. The van der Waals surface area contributed by atoms with Crippen molar-refractivity contribution < 1.29 is 17.5 Å². The molecule has 128 valence electrons. The fourth-order valence-corrected chi connectivity index (χ4v) is 2.77. The molecule has 1 aromatic heterocycles. The van der Waals surface area contributed by atoms with Crippen molar-refractivity contribution in [2.75, 3.05) is 17.8 Å². The van der Waals surface area contributed by atoms with Gasteiger partial charge in [0.1, 0.15) is 6.54 Å². The Hall–Kier alpha value is -2.25. The first kappa shape index (κ1) is 18.1. The fraction of sp³-hybridized carbons (Fsp3) is 0.294. The molecule has 1 aromatic carbocycles. The Balaban J connectivity index is 2.08. The van der Waals surface area contributed by atoms with Crippen LogP contribution in [-0.2, 0) is 16.7 Å². The van der Waals surface area contributed by atoms with Gasteiger partial charge in [-0.2, -0.15) is 5.10 Å². The number of hydrazone groups is 1. The normalized spacial score (nSPS) is 12.2. The van der Waals surface area contributed by atoms with Gasteiger partial charge >= 0.3 is 0 Å². The molecule has 0 aliphatic heterocycles. The van der Waals surface area contributed by atoms with Crippen LogP contribution in [0.3, 0.4) is 0 Å². The van der Waals surface area contributed by atoms with E-state index in [-0.39, 0.29) is 5.75 Å². The van der Waals surface area contributed by atoms with E-state index in [1.165, 1.54) is 0 Å². The van der Waals surface area contributed by atoms with Crippen LogP contribution in [-0.4, -0.2) is 31.5 Å². The molecule has 24 heavy (non-hydrogen) atoms. The molecule has 0 aliphatic rings. The van der Waals surface area contributed by atoms with E-state index in [0.29, 0.717) is 13.0 Å². The molecule has 0 radical (unpaired) electrons. The Labute approximate surface area is 142 Å². The van der Waals surface area contributed by atoms with E-state index in [2.05, 4.69) is 5.10 Å². The number of aromatic nitrogens is 1. The van der Waals surface area contributed by atoms with Gasteiger partial charge in [0, 0.05) is 25.3 Å². The zero-order valence-electron chi connectivity index (χ0n) is 13.8. The van der Waals surface area contributed by atoms with Gasteiger partial charge in [-0.25, -0.2) is 13.0 Å². The number of aryl methyl sites for hydroxylation is 1. The summed E-state index contributed by atoms with van der Waals surface area (Å²) in [4.78, 5) is 0. The Kier molecular flexibility index (Phi) is 6.05. The second-order valence-electron chi connectivity index (χ2n) is 5.49.